The molecule has 1 aromatic rings. The quantitative estimate of drug-likeness (QED) is 0.612. The van der Waals surface area contributed by atoms with Crippen molar-refractivity contribution < 1.29 is 9.53 Å². The number of hydrogen-bond donors (Lipinski definition) is 1. The van der Waals surface area contributed by atoms with Crippen LogP contribution in [0, 0.1) is 5.92 Å². The van der Waals surface area contributed by atoms with Gasteiger partial charge in [-0.05, 0) is 37.5 Å². The van der Waals surface area contributed by atoms with Crippen molar-refractivity contribution in [2.45, 2.75) is 26.2 Å². The Bertz CT molecular complexity index is 397. The van der Waals surface area contributed by atoms with Crippen LogP contribution in [0.3, 0.4) is 0 Å². The Balaban J connectivity index is 2.11. The highest BCUT2D eigenvalue weighted by Gasteiger charge is 2.30. The molecule has 0 aromatic heterocycles. The number of nitrogen functional groups attached to an aromatic ring is 1. The molecule has 2 N–H and O–H groups in total. The number of nitrogens with two attached hydrogens (primary N) is 1. The van der Waals surface area contributed by atoms with E-state index in [4.69, 9.17) is 10.5 Å². The van der Waals surface area contributed by atoms with Gasteiger partial charge in [0.2, 0.25) is 0 Å². The predicted molar refractivity (Wildman–Crippen MR) is 63.7 cm³/mol. The normalized spacial score (nSPS) is 14.8. The minimum atomic E-state index is 0.216. The molecule has 86 valence electrons. The zero-order valence-corrected chi connectivity index (χ0v) is 9.53. The van der Waals surface area contributed by atoms with Crippen molar-refractivity contribution in [3.05, 3.63) is 23.8 Å². The van der Waals surface area contributed by atoms with E-state index >= 15 is 0 Å². The largest absolute Gasteiger partial charge is 0.491 e. The van der Waals surface area contributed by atoms with E-state index in [-0.39, 0.29) is 11.7 Å². The van der Waals surface area contributed by atoms with Crippen LogP contribution in [0.25, 0.3) is 0 Å². The molecule has 1 saturated carbocycles. The Morgan fingerprint density at radius 3 is 2.81 bits per heavy atom. The number of ketones is 1. The molecule has 16 heavy (non-hydrogen) atoms. The van der Waals surface area contributed by atoms with Crippen molar-refractivity contribution in [3.8, 4) is 5.75 Å². The molecule has 0 radical (unpaired) electrons. The van der Waals surface area contributed by atoms with Gasteiger partial charge in [-0.3, -0.25) is 4.79 Å². The molecule has 0 heterocycles. The van der Waals surface area contributed by atoms with E-state index in [1.165, 1.54) is 0 Å². The first-order valence-corrected chi connectivity index (χ1v) is 5.79. The summed E-state index contributed by atoms with van der Waals surface area (Å²) < 4.78 is 5.46. The molecule has 0 unspecified atom stereocenters. The van der Waals surface area contributed by atoms with Crippen molar-refractivity contribution in [3.63, 3.8) is 0 Å². The monoisotopic (exact) mass is 219 g/mol. The fraction of sp³-hybridized carbons (Fsp3) is 0.462. The van der Waals surface area contributed by atoms with E-state index in [2.05, 4.69) is 0 Å². The number of benzene rings is 1. The molecule has 0 atom stereocenters. The maximum absolute atomic E-state index is 11.8. The second-order valence-corrected chi connectivity index (χ2v) is 4.24. The number of ether oxygens (including phenoxy) is 1. The summed E-state index contributed by atoms with van der Waals surface area (Å²) >= 11 is 0. The third kappa shape index (κ3) is 2.35. The second-order valence-electron chi connectivity index (χ2n) is 4.24. The first kappa shape index (κ1) is 11.0. The van der Waals surface area contributed by atoms with E-state index in [0.717, 1.165) is 19.3 Å². The average Bonchev–Trinajstić information content (AvgIpc) is 3.10. The van der Waals surface area contributed by atoms with Crippen molar-refractivity contribution >= 4 is 11.5 Å². The third-order valence-electron chi connectivity index (χ3n) is 2.70. The molecule has 1 aliphatic carbocycles. The highest BCUT2D eigenvalue weighted by Crippen LogP contribution is 2.34. The summed E-state index contributed by atoms with van der Waals surface area (Å²) in [7, 11) is 0. The van der Waals surface area contributed by atoms with Crippen molar-refractivity contribution in [2.24, 2.45) is 5.92 Å². The molecule has 3 nitrogen and oxygen atoms in total. The van der Waals surface area contributed by atoms with Gasteiger partial charge in [-0.1, -0.05) is 6.92 Å². The summed E-state index contributed by atoms with van der Waals surface area (Å²) in [5.74, 6) is 1.13. The van der Waals surface area contributed by atoms with E-state index in [1.807, 2.05) is 13.0 Å². The van der Waals surface area contributed by atoms with Crippen LogP contribution in [-0.4, -0.2) is 12.4 Å². The lowest BCUT2D eigenvalue weighted by atomic mass is 10.1. The maximum atomic E-state index is 11.8. The highest BCUT2D eigenvalue weighted by molar-refractivity contribution is 6.00. The maximum Gasteiger partial charge on any atom is 0.166 e. The fourth-order valence-electron chi connectivity index (χ4n) is 1.63. The summed E-state index contributed by atoms with van der Waals surface area (Å²) in [5.41, 5.74) is 7.11. The smallest absolute Gasteiger partial charge is 0.166 e. The first-order valence-electron chi connectivity index (χ1n) is 5.79. The Labute approximate surface area is 95.6 Å². The summed E-state index contributed by atoms with van der Waals surface area (Å²) in [5, 5.41) is 0. The molecule has 2 rings (SSSR count). The topological polar surface area (TPSA) is 52.3 Å². The molecule has 0 amide bonds. The zero-order chi connectivity index (χ0) is 11.5. The molecule has 1 aliphatic rings. The minimum Gasteiger partial charge on any atom is -0.491 e. The van der Waals surface area contributed by atoms with Gasteiger partial charge in [0.15, 0.2) is 5.78 Å². The minimum absolute atomic E-state index is 0.216. The number of hydrogen-bond acceptors (Lipinski definition) is 3. The number of anilines is 1. The van der Waals surface area contributed by atoms with Gasteiger partial charge in [0.1, 0.15) is 5.75 Å². The van der Waals surface area contributed by atoms with Gasteiger partial charge in [0, 0.05) is 11.5 Å². The molecule has 0 bridgehead atoms. The van der Waals surface area contributed by atoms with Crippen molar-refractivity contribution in [1.29, 1.82) is 0 Å². The lowest BCUT2D eigenvalue weighted by molar-refractivity contribution is 0.0967. The third-order valence-corrected chi connectivity index (χ3v) is 2.70. The summed E-state index contributed by atoms with van der Waals surface area (Å²) in [6.07, 6.45) is 2.99. The van der Waals surface area contributed by atoms with Crippen LogP contribution in [0.15, 0.2) is 18.2 Å². The summed E-state index contributed by atoms with van der Waals surface area (Å²) in [6.45, 7) is 2.70. The van der Waals surface area contributed by atoms with Crippen LogP contribution in [0.4, 0.5) is 5.69 Å². The standard InChI is InChI=1S/C13H17NO2/c1-2-7-16-12-6-5-10(8-11(12)14)13(15)9-3-4-9/h5-6,8-9H,2-4,7,14H2,1H3. The zero-order valence-electron chi connectivity index (χ0n) is 9.53. The molecular formula is C13H17NO2. The van der Waals surface area contributed by atoms with Gasteiger partial charge in [-0.25, -0.2) is 0 Å². The number of Topliss-reactive ketones (excluding diaryl/α,β-unsaturated/α-hetero) is 1. The highest BCUT2D eigenvalue weighted by atomic mass is 16.5. The van der Waals surface area contributed by atoms with Gasteiger partial charge in [-0.2, -0.15) is 0 Å². The van der Waals surface area contributed by atoms with Gasteiger partial charge in [0.05, 0.1) is 12.3 Å². The number of carbonyl (C=O) groups is 1. The van der Waals surface area contributed by atoms with Crippen LogP contribution < -0.4 is 10.5 Å². The predicted octanol–water partition coefficient (Wildman–Crippen LogP) is 2.65. The van der Waals surface area contributed by atoms with Crippen LogP contribution in [0.5, 0.6) is 5.75 Å². The molecule has 0 spiro atoms. The molecule has 0 saturated heterocycles. The van der Waals surface area contributed by atoms with Crippen LogP contribution in [0.1, 0.15) is 36.5 Å². The van der Waals surface area contributed by atoms with Gasteiger partial charge >= 0.3 is 0 Å². The summed E-state index contributed by atoms with van der Waals surface area (Å²) in [4.78, 5) is 11.8. The van der Waals surface area contributed by atoms with Crippen LogP contribution >= 0.6 is 0 Å². The van der Waals surface area contributed by atoms with Crippen LogP contribution in [-0.2, 0) is 0 Å². The van der Waals surface area contributed by atoms with E-state index in [0.29, 0.717) is 23.6 Å². The van der Waals surface area contributed by atoms with Gasteiger partial charge < -0.3 is 10.5 Å². The van der Waals surface area contributed by atoms with Gasteiger partial charge in [-0.15, -0.1) is 0 Å². The van der Waals surface area contributed by atoms with E-state index in [9.17, 15) is 4.79 Å². The summed E-state index contributed by atoms with van der Waals surface area (Å²) in [6, 6.07) is 5.33. The van der Waals surface area contributed by atoms with Crippen LogP contribution in [0.2, 0.25) is 0 Å². The van der Waals surface area contributed by atoms with Gasteiger partial charge in [0.25, 0.3) is 0 Å². The second kappa shape index (κ2) is 4.56. The lowest BCUT2D eigenvalue weighted by Gasteiger charge is -2.08. The number of carbonyl (C=O) groups excluding carboxylic acids is 1. The Morgan fingerprint density at radius 1 is 1.50 bits per heavy atom. The van der Waals surface area contributed by atoms with E-state index < -0.39 is 0 Å². The molecule has 0 aliphatic heterocycles. The Hall–Kier alpha value is -1.51. The SMILES string of the molecule is CCCOc1ccc(C(=O)C2CC2)cc1N. The fourth-order valence-corrected chi connectivity index (χ4v) is 1.63. The molecule has 1 aromatic carbocycles. The first-order chi connectivity index (χ1) is 7.72. The lowest BCUT2D eigenvalue weighted by Crippen LogP contribution is -2.04. The Morgan fingerprint density at radius 2 is 2.25 bits per heavy atom. The molecule has 1 fully saturated rings. The number of rotatable bonds is 5. The van der Waals surface area contributed by atoms with Crippen molar-refractivity contribution in [2.75, 3.05) is 12.3 Å². The van der Waals surface area contributed by atoms with Crippen molar-refractivity contribution in [1.82, 2.24) is 0 Å². The molecular weight excluding hydrogens is 202 g/mol. The molecule has 3 heteroatoms. The average molecular weight is 219 g/mol. The Kier molecular flexibility index (Phi) is 3.13. The van der Waals surface area contributed by atoms with E-state index in [1.54, 1.807) is 12.1 Å².